The number of nitrogens with one attached hydrogen (secondary N) is 1. The normalized spacial score (nSPS) is 10.1. The Morgan fingerprint density at radius 1 is 1.17 bits per heavy atom. The predicted octanol–water partition coefficient (Wildman–Crippen LogP) is 1.07. The minimum Gasteiger partial charge on any atom is -0.387 e. The Bertz CT molecular complexity index is 399. The predicted molar refractivity (Wildman–Crippen MR) is 46.9 cm³/mol. The molecule has 0 radical (unpaired) electrons. The van der Waals surface area contributed by atoms with Crippen LogP contribution in [0.5, 0.6) is 0 Å². The minimum atomic E-state index is 0.865. The number of pyridine rings is 1. The van der Waals surface area contributed by atoms with Gasteiger partial charge in [0, 0.05) is 12.4 Å². The Balaban J connectivity index is 2.67. The van der Waals surface area contributed by atoms with Gasteiger partial charge in [0.25, 0.3) is 0 Å². The van der Waals surface area contributed by atoms with Crippen molar-refractivity contribution >= 4 is 16.6 Å². The van der Waals surface area contributed by atoms with Crippen LogP contribution >= 0.6 is 0 Å². The largest absolute Gasteiger partial charge is 0.387 e. The van der Waals surface area contributed by atoms with Gasteiger partial charge in [-0.05, 0) is 6.07 Å². The molecule has 0 saturated heterocycles. The van der Waals surface area contributed by atoms with Crippen LogP contribution in [0.2, 0.25) is 0 Å². The van der Waals surface area contributed by atoms with Gasteiger partial charge < -0.3 is 5.32 Å². The number of fused-ring (bicyclic) bond motifs is 1. The summed E-state index contributed by atoms with van der Waals surface area (Å²) in [6, 6.07) is 1.98. The average Bonchev–Trinajstić information content (AvgIpc) is 2.17. The molecule has 0 aromatic carbocycles. The van der Waals surface area contributed by atoms with Crippen LogP contribution in [0.3, 0.4) is 0 Å². The van der Waals surface area contributed by atoms with Crippen LogP contribution < -0.4 is 5.32 Å². The first kappa shape index (κ1) is 6.97. The highest BCUT2D eigenvalue weighted by Gasteiger charge is 1.94. The maximum atomic E-state index is 4.19. The minimum absolute atomic E-state index is 0.865. The van der Waals surface area contributed by atoms with Gasteiger partial charge in [0.1, 0.15) is 0 Å². The van der Waals surface area contributed by atoms with Gasteiger partial charge in [-0.3, -0.25) is 4.98 Å². The Labute approximate surface area is 69.7 Å². The van der Waals surface area contributed by atoms with E-state index in [0.717, 1.165) is 16.6 Å². The van der Waals surface area contributed by atoms with Crippen LogP contribution in [0.1, 0.15) is 0 Å². The van der Waals surface area contributed by atoms with Crippen molar-refractivity contribution in [2.75, 3.05) is 12.4 Å². The number of hydrogen-bond donors (Lipinski definition) is 1. The third-order valence-corrected chi connectivity index (χ3v) is 1.68. The van der Waals surface area contributed by atoms with Gasteiger partial charge in [0.15, 0.2) is 0 Å². The van der Waals surface area contributed by atoms with Crippen molar-refractivity contribution in [2.45, 2.75) is 0 Å². The van der Waals surface area contributed by atoms with Crippen molar-refractivity contribution < 1.29 is 0 Å². The first-order valence-electron chi connectivity index (χ1n) is 3.64. The third kappa shape index (κ3) is 1.07. The molecule has 0 unspecified atom stereocenters. The van der Waals surface area contributed by atoms with Crippen molar-refractivity contribution in [3.05, 3.63) is 24.7 Å². The monoisotopic (exact) mass is 160 g/mol. The Hall–Kier alpha value is -1.71. The summed E-state index contributed by atoms with van der Waals surface area (Å²) in [4.78, 5) is 4.19. The van der Waals surface area contributed by atoms with Gasteiger partial charge in [-0.2, -0.15) is 10.2 Å². The zero-order valence-electron chi connectivity index (χ0n) is 6.65. The zero-order valence-corrected chi connectivity index (χ0v) is 6.65. The van der Waals surface area contributed by atoms with Crippen LogP contribution in [0.4, 0.5) is 5.69 Å². The molecule has 0 aliphatic carbocycles. The topological polar surface area (TPSA) is 50.7 Å². The molecule has 1 N–H and O–H groups in total. The second-order valence-corrected chi connectivity index (χ2v) is 2.44. The van der Waals surface area contributed by atoms with Gasteiger partial charge in [-0.1, -0.05) is 0 Å². The van der Waals surface area contributed by atoms with Crippen molar-refractivity contribution in [3.8, 4) is 0 Å². The highest BCUT2D eigenvalue weighted by Crippen LogP contribution is 2.12. The molecule has 2 aromatic heterocycles. The van der Waals surface area contributed by atoms with Crippen molar-refractivity contribution in [1.82, 2.24) is 15.2 Å². The molecule has 2 rings (SSSR count). The van der Waals surface area contributed by atoms with E-state index >= 15 is 0 Å². The highest BCUT2D eigenvalue weighted by atomic mass is 15.1. The number of anilines is 1. The fourth-order valence-electron chi connectivity index (χ4n) is 1.02. The molecule has 4 nitrogen and oxygen atoms in total. The van der Waals surface area contributed by atoms with Crippen LogP contribution in [0, 0.1) is 0 Å². The van der Waals surface area contributed by atoms with E-state index in [4.69, 9.17) is 0 Å². The van der Waals surface area contributed by atoms with Gasteiger partial charge in [-0.15, -0.1) is 0 Å². The van der Waals surface area contributed by atoms with E-state index in [1.807, 2.05) is 13.1 Å². The standard InChI is InChI=1S/C8H8N4/c1-9-7-2-6-3-11-12-5-8(6)10-4-7/h2-5,9H,1H3. The van der Waals surface area contributed by atoms with Crippen molar-refractivity contribution in [2.24, 2.45) is 0 Å². The summed E-state index contributed by atoms with van der Waals surface area (Å²) in [5, 5.41) is 11.5. The second kappa shape index (κ2) is 2.73. The van der Waals surface area contributed by atoms with E-state index in [-0.39, 0.29) is 0 Å². The Morgan fingerprint density at radius 3 is 2.83 bits per heavy atom. The SMILES string of the molecule is CNc1cnc2cnncc2c1. The van der Waals surface area contributed by atoms with E-state index in [9.17, 15) is 0 Å². The van der Waals surface area contributed by atoms with E-state index in [2.05, 4.69) is 20.5 Å². The molecule has 0 aliphatic heterocycles. The van der Waals surface area contributed by atoms with Crippen LogP contribution in [0.25, 0.3) is 10.9 Å². The molecule has 0 amide bonds. The molecule has 2 heterocycles. The lowest BCUT2D eigenvalue weighted by atomic mass is 10.3. The number of hydrogen-bond acceptors (Lipinski definition) is 4. The number of aromatic nitrogens is 3. The molecule has 60 valence electrons. The van der Waals surface area contributed by atoms with Crippen molar-refractivity contribution in [1.29, 1.82) is 0 Å². The molecule has 0 saturated carbocycles. The van der Waals surface area contributed by atoms with E-state index < -0.39 is 0 Å². The smallest absolute Gasteiger partial charge is 0.0921 e. The Morgan fingerprint density at radius 2 is 2.00 bits per heavy atom. The number of nitrogens with zero attached hydrogens (tertiary/aromatic N) is 3. The molecule has 2 aromatic rings. The van der Waals surface area contributed by atoms with Gasteiger partial charge in [-0.25, -0.2) is 0 Å². The first-order valence-corrected chi connectivity index (χ1v) is 3.64. The summed E-state index contributed by atoms with van der Waals surface area (Å²) in [5.74, 6) is 0. The molecule has 0 spiro atoms. The van der Waals surface area contributed by atoms with Gasteiger partial charge >= 0.3 is 0 Å². The van der Waals surface area contributed by atoms with E-state index in [1.54, 1.807) is 18.6 Å². The maximum Gasteiger partial charge on any atom is 0.0921 e. The molecule has 0 atom stereocenters. The lowest BCUT2D eigenvalue weighted by Crippen LogP contribution is -1.90. The number of rotatable bonds is 1. The highest BCUT2D eigenvalue weighted by molar-refractivity contribution is 5.79. The summed E-state index contributed by atoms with van der Waals surface area (Å²) in [5.41, 5.74) is 1.85. The third-order valence-electron chi connectivity index (χ3n) is 1.68. The molecule has 0 aliphatic rings. The summed E-state index contributed by atoms with van der Waals surface area (Å²) < 4.78 is 0. The molecule has 4 heteroatoms. The lowest BCUT2D eigenvalue weighted by molar-refractivity contribution is 1.04. The zero-order chi connectivity index (χ0) is 8.39. The van der Waals surface area contributed by atoms with Crippen LogP contribution in [0.15, 0.2) is 24.7 Å². The summed E-state index contributed by atoms with van der Waals surface area (Å²) in [6.07, 6.45) is 5.11. The van der Waals surface area contributed by atoms with Gasteiger partial charge in [0.05, 0.1) is 29.8 Å². The van der Waals surface area contributed by atoms with Gasteiger partial charge in [0.2, 0.25) is 0 Å². The molecular weight excluding hydrogens is 152 g/mol. The maximum absolute atomic E-state index is 4.19. The molecule has 12 heavy (non-hydrogen) atoms. The quantitative estimate of drug-likeness (QED) is 0.677. The first-order chi connectivity index (χ1) is 5.90. The molecule has 0 bridgehead atoms. The lowest BCUT2D eigenvalue weighted by Gasteiger charge is -1.99. The summed E-state index contributed by atoms with van der Waals surface area (Å²) in [6.45, 7) is 0. The molecular formula is C8H8N4. The molecule has 0 fully saturated rings. The van der Waals surface area contributed by atoms with Crippen LogP contribution in [-0.4, -0.2) is 22.2 Å². The van der Waals surface area contributed by atoms with Crippen LogP contribution in [-0.2, 0) is 0 Å². The fourth-order valence-corrected chi connectivity index (χ4v) is 1.02. The second-order valence-electron chi connectivity index (χ2n) is 2.44. The summed E-state index contributed by atoms with van der Waals surface area (Å²) >= 11 is 0. The summed E-state index contributed by atoms with van der Waals surface area (Å²) in [7, 11) is 1.86. The average molecular weight is 160 g/mol. The Kier molecular flexibility index (Phi) is 1.59. The van der Waals surface area contributed by atoms with Crippen molar-refractivity contribution in [3.63, 3.8) is 0 Å². The fraction of sp³-hybridized carbons (Fsp3) is 0.125. The van der Waals surface area contributed by atoms with E-state index in [0.29, 0.717) is 0 Å². The van der Waals surface area contributed by atoms with E-state index in [1.165, 1.54) is 0 Å².